The van der Waals surface area contributed by atoms with E-state index in [1.807, 2.05) is 11.0 Å². The minimum absolute atomic E-state index is 0.0731. The van der Waals surface area contributed by atoms with Crippen molar-refractivity contribution in [1.82, 2.24) is 9.80 Å². The molecule has 2 fully saturated rings. The molecule has 2 atom stereocenters. The van der Waals surface area contributed by atoms with E-state index in [2.05, 4.69) is 0 Å². The summed E-state index contributed by atoms with van der Waals surface area (Å²) in [4.78, 5) is 29.0. The smallest absolute Gasteiger partial charge is 0.234 e. The average molecular weight is 417 g/mol. The Morgan fingerprint density at radius 1 is 1.00 bits per heavy atom. The third kappa shape index (κ3) is 3.14. The van der Waals surface area contributed by atoms with Crippen molar-refractivity contribution in [2.45, 2.75) is 13.1 Å². The van der Waals surface area contributed by atoms with E-state index in [0.717, 1.165) is 5.56 Å². The van der Waals surface area contributed by atoms with Gasteiger partial charge in [-0.25, -0.2) is 4.39 Å². The number of carbonyl (C=O) groups excluding carboxylic acids is 2. The standard InChI is InChI=1S/C21H18ClFN2O4/c22-16-3-1-2-13(19(16)23)8-24-9-14-15(10-24)21(27)25(20(14)26)7-12-4-5-17-18(6-12)29-11-28-17/h1-6,14-15H,7-11H2/t14-,15+. The lowest BCUT2D eigenvalue weighted by Crippen LogP contribution is -2.35. The largest absolute Gasteiger partial charge is 0.454 e. The number of ether oxygens (including phenoxy) is 2. The van der Waals surface area contributed by atoms with E-state index < -0.39 is 17.7 Å². The zero-order valence-electron chi connectivity index (χ0n) is 15.4. The Kier molecular flexibility index (Phi) is 4.44. The molecule has 3 heterocycles. The number of carbonyl (C=O) groups is 2. The number of benzene rings is 2. The topological polar surface area (TPSA) is 59.1 Å². The van der Waals surface area contributed by atoms with Crippen molar-refractivity contribution >= 4 is 23.4 Å². The zero-order valence-corrected chi connectivity index (χ0v) is 16.2. The summed E-state index contributed by atoms with van der Waals surface area (Å²) in [5, 5.41) is 0.0731. The Morgan fingerprint density at radius 2 is 1.72 bits per heavy atom. The van der Waals surface area contributed by atoms with E-state index in [1.165, 1.54) is 11.0 Å². The van der Waals surface area contributed by atoms with Crippen LogP contribution in [-0.2, 0) is 22.7 Å². The predicted octanol–water partition coefficient (Wildman–Crippen LogP) is 2.82. The number of hydrogen-bond acceptors (Lipinski definition) is 5. The van der Waals surface area contributed by atoms with Crippen LogP contribution in [0.4, 0.5) is 4.39 Å². The van der Waals surface area contributed by atoms with E-state index in [9.17, 15) is 14.0 Å². The minimum atomic E-state index is -0.451. The summed E-state index contributed by atoms with van der Waals surface area (Å²) < 4.78 is 24.8. The first kappa shape index (κ1) is 18.4. The maximum Gasteiger partial charge on any atom is 0.234 e. The van der Waals surface area contributed by atoms with Crippen molar-refractivity contribution in [1.29, 1.82) is 0 Å². The summed E-state index contributed by atoms with van der Waals surface area (Å²) in [6.45, 7) is 1.57. The first-order valence-corrected chi connectivity index (χ1v) is 9.78. The van der Waals surface area contributed by atoms with Crippen LogP contribution < -0.4 is 9.47 Å². The SMILES string of the molecule is O=C1[C@H]2CN(Cc3cccc(Cl)c3F)C[C@H]2C(=O)N1Cc1ccc2c(c1)OCO2. The average Bonchev–Trinajstić information content (AvgIpc) is 3.39. The van der Waals surface area contributed by atoms with E-state index in [-0.39, 0.29) is 30.2 Å². The maximum absolute atomic E-state index is 14.2. The molecule has 2 amide bonds. The highest BCUT2D eigenvalue weighted by Gasteiger charge is 2.52. The summed E-state index contributed by atoms with van der Waals surface area (Å²) in [5.41, 5.74) is 1.28. The molecule has 0 saturated carbocycles. The number of rotatable bonds is 4. The normalized spacial score (nSPS) is 23.2. The number of likely N-dealkylation sites (tertiary alicyclic amines) is 2. The fourth-order valence-corrected chi connectivity index (χ4v) is 4.51. The van der Waals surface area contributed by atoms with Crippen LogP contribution in [-0.4, -0.2) is 41.5 Å². The molecule has 0 N–H and O–H groups in total. The quantitative estimate of drug-likeness (QED) is 0.717. The third-order valence-electron chi connectivity index (χ3n) is 5.77. The molecular weight excluding hydrogens is 399 g/mol. The summed E-state index contributed by atoms with van der Waals surface area (Å²) in [5.74, 6) is -0.297. The van der Waals surface area contributed by atoms with E-state index in [0.29, 0.717) is 36.7 Å². The van der Waals surface area contributed by atoms with Crippen LogP contribution in [0.5, 0.6) is 11.5 Å². The van der Waals surface area contributed by atoms with Crippen molar-refractivity contribution in [2.24, 2.45) is 11.8 Å². The van der Waals surface area contributed by atoms with Crippen molar-refractivity contribution < 1.29 is 23.5 Å². The fourth-order valence-electron chi connectivity index (χ4n) is 4.31. The second-order valence-corrected chi connectivity index (χ2v) is 7.98. The first-order valence-electron chi connectivity index (χ1n) is 9.40. The molecule has 150 valence electrons. The molecule has 5 rings (SSSR count). The van der Waals surface area contributed by atoms with Gasteiger partial charge in [-0.2, -0.15) is 0 Å². The van der Waals surface area contributed by atoms with E-state index in [4.69, 9.17) is 21.1 Å². The maximum atomic E-state index is 14.2. The van der Waals surface area contributed by atoms with Gasteiger partial charge in [0.1, 0.15) is 5.82 Å². The Balaban J connectivity index is 1.28. The number of nitrogens with zero attached hydrogens (tertiary/aromatic N) is 2. The van der Waals surface area contributed by atoms with Gasteiger partial charge in [-0.15, -0.1) is 0 Å². The van der Waals surface area contributed by atoms with Crippen LogP contribution in [0, 0.1) is 17.7 Å². The number of halogens is 2. The molecule has 29 heavy (non-hydrogen) atoms. The third-order valence-corrected chi connectivity index (χ3v) is 6.06. The van der Waals surface area contributed by atoms with Gasteiger partial charge < -0.3 is 9.47 Å². The molecule has 0 unspecified atom stereocenters. The molecular formula is C21H18ClFN2O4. The number of amides is 2. The van der Waals surface area contributed by atoms with Crippen molar-refractivity contribution in [3.63, 3.8) is 0 Å². The second-order valence-electron chi connectivity index (χ2n) is 7.57. The highest BCUT2D eigenvalue weighted by Crippen LogP contribution is 2.37. The molecule has 6 nitrogen and oxygen atoms in total. The Bertz CT molecular complexity index is 990. The summed E-state index contributed by atoms with van der Waals surface area (Å²) in [7, 11) is 0. The van der Waals surface area contributed by atoms with Gasteiger partial charge in [-0.1, -0.05) is 29.8 Å². The van der Waals surface area contributed by atoms with E-state index in [1.54, 1.807) is 24.3 Å². The molecule has 0 bridgehead atoms. The Labute approximate surface area is 171 Å². The van der Waals surface area contributed by atoms with Gasteiger partial charge in [-0.3, -0.25) is 19.4 Å². The van der Waals surface area contributed by atoms with E-state index >= 15 is 0 Å². The van der Waals surface area contributed by atoms with Crippen LogP contribution in [0.25, 0.3) is 0 Å². The minimum Gasteiger partial charge on any atom is -0.454 e. The predicted molar refractivity (Wildman–Crippen MR) is 102 cm³/mol. The van der Waals surface area contributed by atoms with Crippen LogP contribution >= 0.6 is 11.6 Å². The lowest BCUT2D eigenvalue weighted by Gasteiger charge is -2.21. The van der Waals surface area contributed by atoms with Gasteiger partial charge in [0, 0.05) is 25.2 Å². The van der Waals surface area contributed by atoms with Gasteiger partial charge in [0.2, 0.25) is 18.6 Å². The van der Waals surface area contributed by atoms with Gasteiger partial charge in [-0.05, 0) is 23.8 Å². The first-order chi connectivity index (χ1) is 14.0. The highest BCUT2D eigenvalue weighted by atomic mass is 35.5. The zero-order chi connectivity index (χ0) is 20.1. The molecule has 0 aromatic heterocycles. The van der Waals surface area contributed by atoms with Crippen LogP contribution in [0.1, 0.15) is 11.1 Å². The monoisotopic (exact) mass is 416 g/mol. The molecule has 2 aromatic carbocycles. The Hall–Kier alpha value is -2.64. The lowest BCUT2D eigenvalue weighted by atomic mass is 10.00. The van der Waals surface area contributed by atoms with Gasteiger partial charge >= 0.3 is 0 Å². The molecule has 0 aliphatic carbocycles. The van der Waals surface area contributed by atoms with Crippen molar-refractivity contribution in [2.75, 3.05) is 19.9 Å². The molecule has 2 aromatic rings. The number of fused-ring (bicyclic) bond motifs is 2. The molecule has 0 spiro atoms. The van der Waals surface area contributed by atoms with Crippen LogP contribution in [0.2, 0.25) is 5.02 Å². The lowest BCUT2D eigenvalue weighted by molar-refractivity contribution is -0.141. The van der Waals surface area contributed by atoms with Gasteiger partial charge in [0.25, 0.3) is 0 Å². The fraction of sp³-hybridized carbons (Fsp3) is 0.333. The van der Waals surface area contributed by atoms with Crippen molar-refractivity contribution in [3.05, 3.63) is 58.4 Å². The van der Waals surface area contributed by atoms with Crippen molar-refractivity contribution in [3.8, 4) is 11.5 Å². The molecule has 8 heteroatoms. The molecule has 0 radical (unpaired) electrons. The molecule has 3 aliphatic heterocycles. The number of imide groups is 1. The summed E-state index contributed by atoms with van der Waals surface area (Å²) >= 11 is 5.85. The van der Waals surface area contributed by atoms with Gasteiger partial charge in [0.05, 0.1) is 23.4 Å². The summed E-state index contributed by atoms with van der Waals surface area (Å²) in [6, 6.07) is 10.3. The molecule has 3 aliphatic rings. The second kappa shape index (κ2) is 7.00. The highest BCUT2D eigenvalue weighted by molar-refractivity contribution is 6.30. The van der Waals surface area contributed by atoms with Gasteiger partial charge in [0.15, 0.2) is 11.5 Å². The number of hydrogen-bond donors (Lipinski definition) is 0. The summed E-state index contributed by atoms with van der Waals surface area (Å²) in [6.07, 6.45) is 0. The van der Waals surface area contributed by atoms with Crippen LogP contribution in [0.3, 0.4) is 0 Å². The van der Waals surface area contributed by atoms with Crippen LogP contribution in [0.15, 0.2) is 36.4 Å². The molecule has 2 saturated heterocycles. The Morgan fingerprint density at radius 3 is 2.48 bits per heavy atom.